The van der Waals surface area contributed by atoms with E-state index in [0.29, 0.717) is 30.3 Å². The second-order valence-corrected chi connectivity index (χ2v) is 5.43. The molecule has 1 amide bonds. The van der Waals surface area contributed by atoms with Gasteiger partial charge in [-0.3, -0.25) is 15.1 Å². The van der Waals surface area contributed by atoms with Crippen molar-refractivity contribution >= 4 is 22.8 Å². The van der Waals surface area contributed by atoms with Gasteiger partial charge in [-0.05, 0) is 19.9 Å². The maximum atomic E-state index is 12.2. The Morgan fingerprint density at radius 1 is 1.38 bits per heavy atom. The Balaban J connectivity index is 2.42. The van der Waals surface area contributed by atoms with Crippen molar-refractivity contribution in [3.8, 4) is 11.5 Å². The van der Waals surface area contributed by atoms with Gasteiger partial charge in [0.15, 0.2) is 5.96 Å². The minimum Gasteiger partial charge on any atom is -0.492 e. The molecule has 1 aromatic carbocycles. The predicted molar refractivity (Wildman–Crippen MR) is 93.6 cm³/mol. The highest BCUT2D eigenvalue weighted by Gasteiger charge is 2.15. The van der Waals surface area contributed by atoms with Gasteiger partial charge in [-0.25, -0.2) is 0 Å². The quantitative estimate of drug-likeness (QED) is 0.462. The van der Waals surface area contributed by atoms with E-state index in [4.69, 9.17) is 20.9 Å². The number of fused-ring (bicyclic) bond motifs is 1. The summed E-state index contributed by atoms with van der Waals surface area (Å²) in [4.78, 5) is 18.9. The Labute approximate surface area is 140 Å². The maximum absolute atomic E-state index is 12.2. The summed E-state index contributed by atoms with van der Waals surface area (Å²) in [6.07, 6.45) is -0.0204. The Kier molecular flexibility index (Phi) is 5.64. The normalized spacial score (nSPS) is 11.8. The standard InChI is InChI=1S/C16H23N5O3/c1-9(2)24-14-7-10(23-5-4-17)6-12-11(14)8-13(20-12)15(22)21-16(18)19-3/h6-9,20H,4-5,17H2,1-3H3,(H3,18,19,21,22). The molecule has 0 spiro atoms. The number of rotatable bonds is 6. The fraction of sp³-hybridized carbons (Fsp3) is 0.375. The molecule has 130 valence electrons. The first kappa shape index (κ1) is 17.6. The number of benzene rings is 1. The third-order valence-electron chi connectivity index (χ3n) is 3.15. The van der Waals surface area contributed by atoms with Crippen LogP contribution in [0.5, 0.6) is 11.5 Å². The summed E-state index contributed by atoms with van der Waals surface area (Å²) in [5.74, 6) is 0.910. The summed E-state index contributed by atoms with van der Waals surface area (Å²) in [6.45, 7) is 4.66. The van der Waals surface area contributed by atoms with Gasteiger partial charge in [0, 0.05) is 31.1 Å². The molecule has 0 fully saturated rings. The van der Waals surface area contributed by atoms with Crippen LogP contribution in [0.25, 0.3) is 10.9 Å². The first-order valence-electron chi connectivity index (χ1n) is 7.64. The summed E-state index contributed by atoms with van der Waals surface area (Å²) in [5.41, 5.74) is 12.1. The summed E-state index contributed by atoms with van der Waals surface area (Å²) in [6, 6.07) is 5.29. The van der Waals surface area contributed by atoms with Crippen LogP contribution in [-0.4, -0.2) is 43.2 Å². The van der Waals surface area contributed by atoms with Gasteiger partial charge in [0.1, 0.15) is 23.8 Å². The highest BCUT2D eigenvalue weighted by molar-refractivity contribution is 6.07. The van der Waals surface area contributed by atoms with Crippen LogP contribution in [0.3, 0.4) is 0 Å². The number of guanidine groups is 1. The lowest BCUT2D eigenvalue weighted by atomic mass is 10.2. The van der Waals surface area contributed by atoms with Crippen LogP contribution in [0, 0.1) is 0 Å². The van der Waals surface area contributed by atoms with Crippen molar-refractivity contribution < 1.29 is 14.3 Å². The zero-order chi connectivity index (χ0) is 17.7. The topological polar surface area (TPSA) is 128 Å². The SMILES string of the molecule is CN=C(N)NC(=O)c1cc2c(OC(C)C)cc(OCCN)cc2[nH]1. The minimum absolute atomic E-state index is 0.0204. The minimum atomic E-state index is -0.380. The van der Waals surface area contributed by atoms with Gasteiger partial charge in [0.25, 0.3) is 5.91 Å². The molecule has 24 heavy (non-hydrogen) atoms. The summed E-state index contributed by atoms with van der Waals surface area (Å²) in [7, 11) is 1.50. The van der Waals surface area contributed by atoms with Gasteiger partial charge in [-0.15, -0.1) is 0 Å². The van der Waals surface area contributed by atoms with E-state index in [1.165, 1.54) is 7.05 Å². The number of nitrogens with zero attached hydrogens (tertiary/aromatic N) is 1. The van der Waals surface area contributed by atoms with Crippen LogP contribution in [-0.2, 0) is 0 Å². The van der Waals surface area contributed by atoms with Crippen LogP contribution >= 0.6 is 0 Å². The van der Waals surface area contributed by atoms with Crippen LogP contribution in [0.15, 0.2) is 23.2 Å². The number of carbonyl (C=O) groups is 1. The molecule has 2 rings (SSSR count). The Morgan fingerprint density at radius 2 is 2.12 bits per heavy atom. The predicted octanol–water partition coefficient (Wildman–Crippen LogP) is 0.967. The number of carbonyl (C=O) groups excluding carboxylic acids is 1. The van der Waals surface area contributed by atoms with Crippen LogP contribution < -0.4 is 26.3 Å². The first-order valence-corrected chi connectivity index (χ1v) is 7.64. The van der Waals surface area contributed by atoms with Gasteiger partial charge >= 0.3 is 0 Å². The molecule has 0 saturated carbocycles. The summed E-state index contributed by atoms with van der Waals surface area (Å²) < 4.78 is 11.4. The van der Waals surface area contributed by atoms with Crippen LogP contribution in [0.2, 0.25) is 0 Å². The second-order valence-electron chi connectivity index (χ2n) is 5.43. The molecule has 0 bridgehead atoms. The van der Waals surface area contributed by atoms with Crippen molar-refractivity contribution in [2.75, 3.05) is 20.2 Å². The Morgan fingerprint density at radius 3 is 2.75 bits per heavy atom. The number of aromatic amines is 1. The Bertz CT molecular complexity index is 751. The zero-order valence-corrected chi connectivity index (χ0v) is 14.1. The third-order valence-corrected chi connectivity index (χ3v) is 3.15. The lowest BCUT2D eigenvalue weighted by Gasteiger charge is -2.13. The van der Waals surface area contributed by atoms with Crippen LogP contribution in [0.1, 0.15) is 24.3 Å². The van der Waals surface area contributed by atoms with E-state index in [-0.39, 0.29) is 18.0 Å². The highest BCUT2D eigenvalue weighted by Crippen LogP contribution is 2.32. The average Bonchev–Trinajstić information content (AvgIpc) is 2.96. The molecular formula is C16H23N5O3. The lowest BCUT2D eigenvalue weighted by Crippen LogP contribution is -2.36. The van der Waals surface area contributed by atoms with Crippen LogP contribution in [0.4, 0.5) is 0 Å². The van der Waals surface area contributed by atoms with Crippen molar-refractivity contribution in [1.82, 2.24) is 10.3 Å². The van der Waals surface area contributed by atoms with Gasteiger partial charge in [0.05, 0.1) is 11.6 Å². The fourth-order valence-corrected chi connectivity index (χ4v) is 2.15. The largest absolute Gasteiger partial charge is 0.492 e. The van der Waals surface area contributed by atoms with E-state index in [9.17, 15) is 4.79 Å². The molecule has 0 aliphatic carbocycles. The van der Waals surface area contributed by atoms with E-state index < -0.39 is 0 Å². The molecule has 2 aromatic rings. The first-order chi connectivity index (χ1) is 11.4. The van der Waals surface area contributed by atoms with Crippen molar-refractivity contribution in [3.63, 3.8) is 0 Å². The molecule has 1 aromatic heterocycles. The maximum Gasteiger partial charge on any atom is 0.274 e. The number of H-pyrrole nitrogens is 1. The number of hydrogen-bond donors (Lipinski definition) is 4. The number of aliphatic imine (C=N–C) groups is 1. The molecule has 8 nitrogen and oxygen atoms in total. The molecule has 6 N–H and O–H groups in total. The van der Waals surface area contributed by atoms with Gasteiger partial charge < -0.3 is 25.9 Å². The molecular weight excluding hydrogens is 310 g/mol. The molecule has 0 saturated heterocycles. The fourth-order valence-electron chi connectivity index (χ4n) is 2.15. The molecule has 0 unspecified atom stereocenters. The number of nitrogens with two attached hydrogens (primary N) is 2. The molecule has 0 radical (unpaired) electrons. The number of hydrogen-bond acceptors (Lipinski definition) is 5. The number of nitrogens with one attached hydrogen (secondary N) is 2. The zero-order valence-electron chi connectivity index (χ0n) is 14.1. The van der Waals surface area contributed by atoms with Crippen molar-refractivity contribution in [3.05, 3.63) is 23.9 Å². The van der Waals surface area contributed by atoms with Crippen molar-refractivity contribution in [1.29, 1.82) is 0 Å². The van der Waals surface area contributed by atoms with E-state index in [0.717, 1.165) is 10.9 Å². The van der Waals surface area contributed by atoms with E-state index in [2.05, 4.69) is 15.3 Å². The smallest absolute Gasteiger partial charge is 0.274 e. The molecule has 0 aliphatic rings. The number of ether oxygens (including phenoxy) is 2. The van der Waals surface area contributed by atoms with Gasteiger partial charge in [-0.2, -0.15) is 0 Å². The van der Waals surface area contributed by atoms with Gasteiger partial charge in [0.2, 0.25) is 0 Å². The third kappa shape index (κ3) is 4.17. The van der Waals surface area contributed by atoms with E-state index in [1.54, 1.807) is 18.2 Å². The second kappa shape index (κ2) is 7.69. The summed E-state index contributed by atoms with van der Waals surface area (Å²) in [5, 5.41) is 3.26. The monoisotopic (exact) mass is 333 g/mol. The number of aromatic nitrogens is 1. The van der Waals surface area contributed by atoms with Crippen molar-refractivity contribution in [2.24, 2.45) is 16.5 Å². The molecule has 0 aliphatic heterocycles. The highest BCUT2D eigenvalue weighted by atomic mass is 16.5. The molecule has 8 heteroatoms. The van der Waals surface area contributed by atoms with Crippen molar-refractivity contribution in [2.45, 2.75) is 20.0 Å². The molecule has 1 heterocycles. The van der Waals surface area contributed by atoms with E-state index in [1.807, 2.05) is 13.8 Å². The lowest BCUT2D eigenvalue weighted by molar-refractivity contribution is 0.0972. The van der Waals surface area contributed by atoms with E-state index >= 15 is 0 Å². The molecule has 0 atom stereocenters. The Hall–Kier alpha value is -2.74. The van der Waals surface area contributed by atoms with Gasteiger partial charge in [-0.1, -0.05) is 0 Å². The summed E-state index contributed by atoms with van der Waals surface area (Å²) >= 11 is 0. The average molecular weight is 333 g/mol. The number of amides is 1.